The van der Waals surface area contributed by atoms with Crippen LogP contribution in [0.5, 0.6) is 0 Å². The van der Waals surface area contributed by atoms with E-state index in [0.29, 0.717) is 0 Å². The van der Waals surface area contributed by atoms with Crippen LogP contribution in [0.4, 0.5) is 0 Å². The third-order valence-electron chi connectivity index (χ3n) is 5.04. The van der Waals surface area contributed by atoms with Crippen molar-refractivity contribution < 1.29 is 0 Å². The molecule has 4 heteroatoms. The minimum Gasteiger partial charge on any atom is -0.303 e. The minimum atomic E-state index is 1.29. The predicted octanol–water partition coefficient (Wildman–Crippen LogP) is 0.406. The van der Waals surface area contributed by atoms with Gasteiger partial charge in [0.05, 0.1) is 0 Å². The second-order valence-corrected chi connectivity index (χ2v) is 6.43. The molecule has 4 fully saturated rings. The van der Waals surface area contributed by atoms with E-state index in [9.17, 15) is 0 Å². The molecule has 0 unspecified atom stereocenters. The molecule has 0 aliphatic carbocycles. The second-order valence-electron chi connectivity index (χ2n) is 6.43. The van der Waals surface area contributed by atoms with Crippen LogP contribution < -0.4 is 0 Å². The largest absolute Gasteiger partial charge is 0.303 e. The number of fused-ring (bicyclic) bond motifs is 9. The van der Waals surface area contributed by atoms with Gasteiger partial charge in [-0.1, -0.05) is 0 Å². The van der Waals surface area contributed by atoms with Crippen molar-refractivity contribution in [3.63, 3.8) is 0 Å². The van der Waals surface area contributed by atoms with Crippen LogP contribution >= 0.6 is 0 Å². The molecule has 4 rings (SSSR count). The first-order valence-electron chi connectivity index (χ1n) is 8.29. The number of hydrogen-bond acceptors (Lipinski definition) is 4. The van der Waals surface area contributed by atoms with Crippen molar-refractivity contribution in [3.05, 3.63) is 0 Å². The Morgan fingerprint density at radius 3 is 0.737 bits per heavy atom. The molecule has 0 radical (unpaired) electrons. The van der Waals surface area contributed by atoms with E-state index in [1.165, 1.54) is 97.8 Å². The zero-order valence-corrected chi connectivity index (χ0v) is 12.4. The van der Waals surface area contributed by atoms with Gasteiger partial charge in [0.1, 0.15) is 0 Å². The van der Waals surface area contributed by atoms with E-state index in [1.54, 1.807) is 0 Å². The van der Waals surface area contributed by atoms with Crippen molar-refractivity contribution >= 4 is 0 Å². The van der Waals surface area contributed by atoms with Gasteiger partial charge >= 0.3 is 0 Å². The Kier molecular flexibility index (Phi) is 5.10. The summed E-state index contributed by atoms with van der Waals surface area (Å²) in [4.78, 5) is 10.8. The SMILES string of the molecule is C1CN2CCCN3CCN(C1)CCN(CCC2)CC3. The fraction of sp³-hybridized carbons (Fsp3) is 1.00. The third kappa shape index (κ3) is 4.15. The molecule has 4 saturated heterocycles. The molecule has 0 amide bonds. The van der Waals surface area contributed by atoms with Gasteiger partial charge in [0.15, 0.2) is 0 Å². The van der Waals surface area contributed by atoms with Crippen molar-refractivity contribution in [1.82, 2.24) is 19.6 Å². The Morgan fingerprint density at radius 2 is 0.474 bits per heavy atom. The summed E-state index contributed by atoms with van der Waals surface area (Å²) in [6.07, 6.45) is 4.08. The lowest BCUT2D eigenvalue weighted by Crippen LogP contribution is -2.36. The van der Waals surface area contributed by atoms with Crippen LogP contribution in [0, 0.1) is 0 Å². The van der Waals surface area contributed by atoms with Crippen LogP contribution in [0.15, 0.2) is 0 Å². The van der Waals surface area contributed by atoms with Crippen LogP contribution in [0.3, 0.4) is 0 Å². The van der Waals surface area contributed by atoms with Crippen LogP contribution in [0.25, 0.3) is 0 Å². The zero-order valence-electron chi connectivity index (χ0n) is 12.4. The van der Waals surface area contributed by atoms with Crippen molar-refractivity contribution in [2.75, 3.05) is 78.5 Å². The molecule has 4 bridgehead atoms. The molecule has 0 atom stereocenters. The van der Waals surface area contributed by atoms with Crippen molar-refractivity contribution in [2.24, 2.45) is 0 Å². The van der Waals surface area contributed by atoms with Crippen molar-refractivity contribution in [1.29, 1.82) is 0 Å². The zero-order chi connectivity index (χ0) is 12.9. The molecular formula is C15H30N4. The summed E-state index contributed by atoms with van der Waals surface area (Å²) in [7, 11) is 0. The Bertz CT molecular complexity index is 216. The van der Waals surface area contributed by atoms with Crippen molar-refractivity contribution in [2.45, 2.75) is 19.3 Å². The molecule has 0 spiro atoms. The van der Waals surface area contributed by atoms with Gasteiger partial charge < -0.3 is 19.6 Å². The lowest BCUT2D eigenvalue weighted by Gasteiger charge is -2.24. The first-order valence-corrected chi connectivity index (χ1v) is 8.29. The Labute approximate surface area is 118 Å². The summed E-state index contributed by atoms with van der Waals surface area (Å²) >= 11 is 0. The highest BCUT2D eigenvalue weighted by Crippen LogP contribution is 2.09. The lowest BCUT2D eigenvalue weighted by atomic mass is 10.3. The van der Waals surface area contributed by atoms with Gasteiger partial charge in [-0.3, -0.25) is 0 Å². The Morgan fingerprint density at radius 1 is 0.263 bits per heavy atom. The highest BCUT2D eigenvalue weighted by Gasteiger charge is 2.19. The van der Waals surface area contributed by atoms with E-state index in [2.05, 4.69) is 19.6 Å². The van der Waals surface area contributed by atoms with Gasteiger partial charge in [-0.2, -0.15) is 0 Å². The molecule has 0 aromatic carbocycles. The summed E-state index contributed by atoms with van der Waals surface area (Å²) in [5.74, 6) is 0. The maximum atomic E-state index is 2.72. The van der Waals surface area contributed by atoms with Crippen molar-refractivity contribution in [3.8, 4) is 0 Å². The van der Waals surface area contributed by atoms with Crippen LogP contribution in [0.2, 0.25) is 0 Å². The predicted molar refractivity (Wildman–Crippen MR) is 79.6 cm³/mol. The van der Waals surface area contributed by atoms with Gasteiger partial charge in [-0.15, -0.1) is 0 Å². The van der Waals surface area contributed by atoms with Gasteiger partial charge in [-0.05, 0) is 58.5 Å². The average Bonchev–Trinajstić information content (AvgIpc) is 2.47. The van der Waals surface area contributed by atoms with E-state index in [1.807, 2.05) is 0 Å². The standard InChI is InChI=1S/C15H30N4/c1-4-16-5-2-8-18-12-10-17(7-1)11-13-19(15-14-18)9-3-6-16/h1-15H2. The molecule has 19 heavy (non-hydrogen) atoms. The minimum absolute atomic E-state index is 1.29. The third-order valence-corrected chi connectivity index (χ3v) is 5.04. The quantitative estimate of drug-likeness (QED) is 0.629. The van der Waals surface area contributed by atoms with E-state index in [4.69, 9.17) is 0 Å². The van der Waals surface area contributed by atoms with E-state index >= 15 is 0 Å². The number of nitrogens with zero attached hydrogens (tertiary/aromatic N) is 4. The summed E-state index contributed by atoms with van der Waals surface area (Å²) in [5.41, 5.74) is 0. The van der Waals surface area contributed by atoms with E-state index in [0.717, 1.165) is 0 Å². The summed E-state index contributed by atoms with van der Waals surface area (Å²) < 4.78 is 0. The molecule has 0 saturated carbocycles. The molecule has 4 aliphatic rings. The maximum absolute atomic E-state index is 2.72. The molecular weight excluding hydrogens is 236 g/mol. The topological polar surface area (TPSA) is 13.0 Å². The number of hydrogen-bond donors (Lipinski definition) is 0. The van der Waals surface area contributed by atoms with E-state index in [-0.39, 0.29) is 0 Å². The first kappa shape index (κ1) is 13.8. The second kappa shape index (κ2) is 7.02. The average molecular weight is 266 g/mol. The summed E-state index contributed by atoms with van der Waals surface area (Å²) in [6.45, 7) is 15.6. The van der Waals surface area contributed by atoms with E-state index < -0.39 is 0 Å². The smallest absolute Gasteiger partial charge is 0.0110 e. The van der Waals surface area contributed by atoms with Crippen LogP contribution in [0.1, 0.15) is 19.3 Å². The van der Waals surface area contributed by atoms with Crippen LogP contribution in [-0.2, 0) is 0 Å². The highest BCUT2D eigenvalue weighted by molar-refractivity contribution is 4.76. The molecule has 4 nitrogen and oxygen atoms in total. The molecule has 0 aromatic rings. The maximum Gasteiger partial charge on any atom is 0.0110 e. The Hall–Kier alpha value is -0.160. The summed E-state index contributed by atoms with van der Waals surface area (Å²) in [5, 5.41) is 0. The fourth-order valence-corrected chi connectivity index (χ4v) is 3.74. The normalized spacial score (nSPS) is 41.7. The molecule has 110 valence electrons. The molecule has 4 aliphatic heterocycles. The highest BCUT2D eigenvalue weighted by atomic mass is 15.3. The van der Waals surface area contributed by atoms with Gasteiger partial charge in [0, 0.05) is 39.3 Å². The van der Waals surface area contributed by atoms with Gasteiger partial charge in [-0.25, -0.2) is 0 Å². The summed E-state index contributed by atoms with van der Waals surface area (Å²) in [6, 6.07) is 0. The van der Waals surface area contributed by atoms with Gasteiger partial charge in [0.2, 0.25) is 0 Å². The first-order chi connectivity index (χ1) is 9.40. The van der Waals surface area contributed by atoms with Crippen LogP contribution in [-0.4, -0.2) is 98.1 Å². The fourth-order valence-electron chi connectivity index (χ4n) is 3.74. The molecule has 0 N–H and O–H groups in total. The molecule has 0 aromatic heterocycles. The monoisotopic (exact) mass is 266 g/mol. The Balaban J connectivity index is 1.77. The van der Waals surface area contributed by atoms with Gasteiger partial charge in [0.25, 0.3) is 0 Å². The lowest BCUT2D eigenvalue weighted by molar-refractivity contribution is 0.221. The number of rotatable bonds is 0. The molecule has 4 heterocycles.